The van der Waals surface area contributed by atoms with Gasteiger partial charge in [-0.15, -0.1) is 0 Å². The number of nitro benzene ring substituents is 1. The fraction of sp³-hybridized carbons (Fsp3) is 0. The summed E-state index contributed by atoms with van der Waals surface area (Å²) in [6, 6.07) is 12.3. The third kappa shape index (κ3) is 3.74. The number of halogens is 1. The number of benzene rings is 2. The van der Waals surface area contributed by atoms with Crippen LogP contribution in [0.5, 0.6) is 0 Å². The molecule has 0 amide bonds. The lowest BCUT2D eigenvalue weighted by Gasteiger charge is -2.03. The second-order valence-electron chi connectivity index (χ2n) is 4.43. The van der Waals surface area contributed by atoms with E-state index in [9.17, 15) is 18.5 Å². The molecule has 0 unspecified atom stereocenters. The Hall–Kier alpha value is -2.69. The van der Waals surface area contributed by atoms with E-state index >= 15 is 0 Å². The van der Waals surface area contributed by atoms with Crippen molar-refractivity contribution in [3.05, 3.63) is 74.1 Å². The molecule has 2 aromatic rings. The van der Waals surface area contributed by atoms with Crippen LogP contribution >= 0.6 is 11.6 Å². The summed E-state index contributed by atoms with van der Waals surface area (Å²) in [5.74, 6) is 0. The lowest BCUT2D eigenvalue weighted by Crippen LogP contribution is -2.03. The van der Waals surface area contributed by atoms with Gasteiger partial charge in [-0.1, -0.05) is 23.7 Å². The van der Waals surface area contributed by atoms with Crippen LogP contribution in [0.4, 0.5) is 5.69 Å². The Morgan fingerprint density at radius 2 is 1.87 bits per heavy atom. The zero-order valence-electron chi connectivity index (χ0n) is 11.5. The number of allylic oxidation sites excluding steroid dienone is 1. The van der Waals surface area contributed by atoms with Crippen molar-refractivity contribution >= 4 is 33.2 Å². The number of nitriles is 1. The largest absolute Gasteiger partial charge is 0.270 e. The molecule has 0 N–H and O–H groups in total. The van der Waals surface area contributed by atoms with Gasteiger partial charge in [0.2, 0.25) is 9.84 Å². The molecule has 116 valence electrons. The first-order valence-electron chi connectivity index (χ1n) is 6.21. The van der Waals surface area contributed by atoms with Gasteiger partial charge in [-0.25, -0.2) is 8.42 Å². The van der Waals surface area contributed by atoms with E-state index in [1.54, 1.807) is 6.07 Å². The van der Waals surface area contributed by atoms with Gasteiger partial charge < -0.3 is 0 Å². The van der Waals surface area contributed by atoms with Crippen molar-refractivity contribution in [1.29, 1.82) is 5.26 Å². The van der Waals surface area contributed by atoms with E-state index in [0.717, 1.165) is 6.08 Å². The van der Waals surface area contributed by atoms with E-state index in [4.69, 9.17) is 16.9 Å². The van der Waals surface area contributed by atoms with E-state index in [1.165, 1.54) is 48.5 Å². The van der Waals surface area contributed by atoms with Crippen molar-refractivity contribution in [2.24, 2.45) is 0 Å². The highest BCUT2D eigenvalue weighted by atomic mass is 35.5. The van der Waals surface area contributed by atoms with Crippen LogP contribution in [-0.4, -0.2) is 13.3 Å². The van der Waals surface area contributed by atoms with Gasteiger partial charge in [0.15, 0.2) is 0 Å². The second kappa shape index (κ2) is 6.60. The fourth-order valence-electron chi connectivity index (χ4n) is 1.79. The van der Waals surface area contributed by atoms with E-state index in [0.29, 0.717) is 5.02 Å². The van der Waals surface area contributed by atoms with Crippen LogP contribution in [0.25, 0.3) is 6.08 Å². The van der Waals surface area contributed by atoms with Crippen LogP contribution in [0.3, 0.4) is 0 Å². The van der Waals surface area contributed by atoms with Gasteiger partial charge in [0, 0.05) is 17.2 Å². The quantitative estimate of drug-likeness (QED) is 0.477. The summed E-state index contributed by atoms with van der Waals surface area (Å²) in [5, 5.41) is 20.3. The summed E-state index contributed by atoms with van der Waals surface area (Å²) in [5.41, 5.74) is 0.0493. The summed E-state index contributed by atoms with van der Waals surface area (Å²) < 4.78 is 24.9. The van der Waals surface area contributed by atoms with Gasteiger partial charge in [0.1, 0.15) is 11.0 Å². The SMILES string of the molecule is N#C/C(=C\c1cccc([N+](=O)[O-])c1)S(=O)(=O)c1ccc(Cl)cc1. The van der Waals surface area contributed by atoms with Crippen molar-refractivity contribution in [3.8, 4) is 6.07 Å². The minimum atomic E-state index is -4.03. The molecule has 0 saturated heterocycles. The van der Waals surface area contributed by atoms with Crippen LogP contribution in [0, 0.1) is 21.4 Å². The standard InChI is InChI=1S/C15H9ClN2O4S/c16-12-4-6-14(7-5-12)23(21,22)15(10-17)9-11-2-1-3-13(8-11)18(19)20/h1-9H/b15-9+. The smallest absolute Gasteiger partial charge is 0.258 e. The van der Waals surface area contributed by atoms with Gasteiger partial charge in [-0.2, -0.15) is 5.26 Å². The molecule has 2 rings (SSSR count). The number of nitro groups is 1. The normalized spacial score (nSPS) is 11.7. The highest BCUT2D eigenvalue weighted by molar-refractivity contribution is 7.95. The first-order chi connectivity index (χ1) is 10.8. The molecule has 0 saturated carbocycles. The summed E-state index contributed by atoms with van der Waals surface area (Å²) >= 11 is 5.71. The lowest BCUT2D eigenvalue weighted by atomic mass is 10.2. The van der Waals surface area contributed by atoms with Crippen LogP contribution in [0.1, 0.15) is 5.56 Å². The second-order valence-corrected chi connectivity index (χ2v) is 6.78. The van der Waals surface area contributed by atoms with Gasteiger partial charge in [-0.3, -0.25) is 10.1 Å². The predicted octanol–water partition coefficient (Wildman–Crippen LogP) is 3.59. The van der Waals surface area contributed by atoms with Gasteiger partial charge in [0.05, 0.1) is 9.82 Å². The highest BCUT2D eigenvalue weighted by Crippen LogP contribution is 2.24. The Kier molecular flexibility index (Phi) is 4.79. The highest BCUT2D eigenvalue weighted by Gasteiger charge is 2.21. The number of nitrogens with zero attached hydrogens (tertiary/aromatic N) is 2. The molecule has 0 fully saturated rings. The number of rotatable bonds is 4. The molecule has 0 bridgehead atoms. The van der Waals surface area contributed by atoms with E-state index in [2.05, 4.69) is 0 Å². The molecule has 6 nitrogen and oxygen atoms in total. The molecular formula is C15H9ClN2O4S. The zero-order chi connectivity index (χ0) is 17.0. The van der Waals surface area contributed by atoms with Crippen LogP contribution in [0.2, 0.25) is 5.02 Å². The van der Waals surface area contributed by atoms with E-state index in [1.807, 2.05) is 0 Å². The summed E-state index contributed by atoms with van der Waals surface area (Å²) in [7, 11) is -4.03. The first-order valence-corrected chi connectivity index (χ1v) is 8.07. The maximum atomic E-state index is 12.4. The number of hydrogen-bond acceptors (Lipinski definition) is 5. The lowest BCUT2D eigenvalue weighted by molar-refractivity contribution is -0.384. The third-order valence-electron chi connectivity index (χ3n) is 2.90. The molecule has 0 spiro atoms. The van der Waals surface area contributed by atoms with Crippen molar-refractivity contribution in [2.45, 2.75) is 4.90 Å². The molecule has 0 heterocycles. The van der Waals surface area contributed by atoms with Gasteiger partial charge >= 0.3 is 0 Å². The molecule has 0 aliphatic heterocycles. The van der Waals surface area contributed by atoms with Crippen LogP contribution in [0.15, 0.2) is 58.3 Å². The van der Waals surface area contributed by atoms with Crippen molar-refractivity contribution < 1.29 is 13.3 Å². The molecule has 2 aromatic carbocycles. The molecule has 0 radical (unpaired) electrons. The van der Waals surface area contributed by atoms with Gasteiger partial charge in [0.25, 0.3) is 5.69 Å². The molecular weight excluding hydrogens is 340 g/mol. The number of non-ortho nitro benzene ring substituents is 1. The maximum Gasteiger partial charge on any atom is 0.270 e. The van der Waals surface area contributed by atoms with Crippen LogP contribution < -0.4 is 0 Å². The average molecular weight is 349 g/mol. The molecule has 23 heavy (non-hydrogen) atoms. The average Bonchev–Trinajstić information content (AvgIpc) is 2.53. The Labute approximate surface area is 137 Å². The third-order valence-corrected chi connectivity index (χ3v) is 4.84. The van der Waals surface area contributed by atoms with Crippen molar-refractivity contribution in [2.75, 3.05) is 0 Å². The molecule has 0 aliphatic carbocycles. The Bertz CT molecular complexity index is 929. The van der Waals surface area contributed by atoms with Gasteiger partial charge in [-0.05, 0) is 35.9 Å². The molecule has 0 atom stereocenters. The minimum absolute atomic E-state index is 0.0832. The van der Waals surface area contributed by atoms with Crippen molar-refractivity contribution in [3.63, 3.8) is 0 Å². The summed E-state index contributed by atoms with van der Waals surface area (Å²) in [4.78, 5) is 9.55. The monoisotopic (exact) mass is 348 g/mol. The van der Waals surface area contributed by atoms with Crippen LogP contribution in [-0.2, 0) is 9.84 Å². The van der Waals surface area contributed by atoms with E-state index < -0.39 is 19.7 Å². The van der Waals surface area contributed by atoms with Crippen molar-refractivity contribution in [1.82, 2.24) is 0 Å². The Balaban J connectivity index is 2.50. The molecule has 8 heteroatoms. The topological polar surface area (TPSA) is 101 Å². The number of hydrogen-bond donors (Lipinski definition) is 0. The number of sulfone groups is 1. The maximum absolute atomic E-state index is 12.4. The molecule has 0 aliphatic rings. The fourth-order valence-corrected chi connectivity index (χ4v) is 3.08. The zero-order valence-corrected chi connectivity index (χ0v) is 13.1. The Morgan fingerprint density at radius 1 is 1.22 bits per heavy atom. The Morgan fingerprint density at radius 3 is 2.43 bits per heavy atom. The molecule has 0 aromatic heterocycles. The summed E-state index contributed by atoms with van der Waals surface area (Å²) in [6.07, 6.45) is 1.09. The van der Waals surface area contributed by atoms with E-state index in [-0.39, 0.29) is 16.1 Å². The summed E-state index contributed by atoms with van der Waals surface area (Å²) in [6.45, 7) is 0. The minimum Gasteiger partial charge on any atom is -0.258 e. The first kappa shape index (κ1) is 16.7. The predicted molar refractivity (Wildman–Crippen MR) is 85.3 cm³/mol.